The van der Waals surface area contributed by atoms with Gasteiger partial charge < -0.3 is 15.2 Å². The van der Waals surface area contributed by atoms with Gasteiger partial charge >= 0.3 is 0 Å². The van der Waals surface area contributed by atoms with Crippen molar-refractivity contribution in [3.63, 3.8) is 0 Å². The minimum atomic E-state index is -0.494. The Labute approximate surface area is 215 Å². The highest BCUT2D eigenvalue weighted by atomic mass is 16.2. The maximum atomic E-state index is 12.4. The van der Waals surface area contributed by atoms with Crippen molar-refractivity contribution < 1.29 is 4.79 Å². The molecular formula is C29H31N7O. The molecule has 0 saturated carbocycles. The van der Waals surface area contributed by atoms with E-state index in [1.165, 1.54) is 30.3 Å². The first-order valence-corrected chi connectivity index (χ1v) is 12.8. The SMILES string of the molecule is CC(C)(C)C(=O)Nc1cncc(-c2cc3c(-c4cc5c(N6CCCCC6)cccc5[nH]4)n[nH]c3cn2)c1. The number of aromatic nitrogens is 5. The van der Waals surface area contributed by atoms with Gasteiger partial charge in [0.15, 0.2) is 0 Å². The van der Waals surface area contributed by atoms with E-state index in [1.807, 2.05) is 32.9 Å². The second kappa shape index (κ2) is 9.03. The molecule has 1 aromatic carbocycles. The van der Waals surface area contributed by atoms with Crippen LogP contribution in [0.4, 0.5) is 11.4 Å². The minimum Gasteiger partial charge on any atom is -0.371 e. The predicted octanol–water partition coefficient (Wildman–Crippen LogP) is 6.14. The number of carbonyl (C=O) groups excluding carboxylic acids is 1. The molecule has 0 atom stereocenters. The second-order valence-corrected chi connectivity index (χ2v) is 10.8. The predicted molar refractivity (Wildman–Crippen MR) is 149 cm³/mol. The smallest absolute Gasteiger partial charge is 0.229 e. The quantitative estimate of drug-likeness (QED) is 0.279. The Morgan fingerprint density at radius 2 is 1.81 bits per heavy atom. The van der Waals surface area contributed by atoms with Gasteiger partial charge in [-0.3, -0.25) is 19.9 Å². The Balaban J connectivity index is 1.37. The van der Waals surface area contributed by atoms with Crippen LogP contribution in [0, 0.1) is 5.41 Å². The number of pyridine rings is 2. The van der Waals surface area contributed by atoms with E-state index < -0.39 is 5.41 Å². The number of piperidine rings is 1. The van der Waals surface area contributed by atoms with Crippen molar-refractivity contribution in [1.29, 1.82) is 0 Å². The Hall–Kier alpha value is -4.20. The fourth-order valence-corrected chi connectivity index (χ4v) is 4.92. The van der Waals surface area contributed by atoms with Crippen LogP contribution in [0.25, 0.3) is 44.5 Å². The largest absolute Gasteiger partial charge is 0.371 e. The van der Waals surface area contributed by atoms with Gasteiger partial charge in [-0.2, -0.15) is 5.10 Å². The van der Waals surface area contributed by atoms with Crippen molar-refractivity contribution >= 4 is 39.1 Å². The average molecular weight is 494 g/mol. The zero-order valence-corrected chi connectivity index (χ0v) is 21.4. The number of benzene rings is 1. The number of hydrogen-bond donors (Lipinski definition) is 3. The first-order valence-electron chi connectivity index (χ1n) is 12.8. The highest BCUT2D eigenvalue weighted by molar-refractivity contribution is 6.00. The standard InChI is InChI=1S/C29H31N7O/c1-29(2,3)28(37)32-19-12-18(15-30-16-19)23-14-21-25(17-31-23)34-35-27(21)24-13-20-22(33-24)8-7-9-26(20)36-10-5-4-6-11-36/h7-9,12-17,33H,4-6,10-11H2,1-3H3,(H,32,37)(H,34,35). The fraction of sp³-hybridized carbons (Fsp3) is 0.310. The van der Waals surface area contributed by atoms with Gasteiger partial charge in [0, 0.05) is 52.2 Å². The topological polar surface area (TPSA) is 103 Å². The van der Waals surface area contributed by atoms with E-state index in [4.69, 9.17) is 0 Å². The van der Waals surface area contributed by atoms with E-state index in [1.54, 1.807) is 18.6 Å². The summed E-state index contributed by atoms with van der Waals surface area (Å²) < 4.78 is 0. The van der Waals surface area contributed by atoms with Crippen LogP contribution < -0.4 is 10.2 Å². The lowest BCUT2D eigenvalue weighted by molar-refractivity contribution is -0.123. The average Bonchev–Trinajstić information content (AvgIpc) is 3.52. The zero-order chi connectivity index (χ0) is 25.6. The Morgan fingerprint density at radius 1 is 0.973 bits per heavy atom. The van der Waals surface area contributed by atoms with E-state index >= 15 is 0 Å². The summed E-state index contributed by atoms with van der Waals surface area (Å²) in [4.78, 5) is 27.5. The van der Waals surface area contributed by atoms with Crippen LogP contribution in [0.5, 0.6) is 0 Å². The summed E-state index contributed by atoms with van der Waals surface area (Å²) in [7, 11) is 0. The molecule has 37 heavy (non-hydrogen) atoms. The summed E-state index contributed by atoms with van der Waals surface area (Å²) in [6, 6.07) is 12.6. The van der Waals surface area contributed by atoms with Gasteiger partial charge in [-0.05, 0) is 49.6 Å². The van der Waals surface area contributed by atoms with E-state index in [9.17, 15) is 4.79 Å². The van der Waals surface area contributed by atoms with Gasteiger partial charge in [-0.1, -0.05) is 26.8 Å². The lowest BCUT2D eigenvalue weighted by atomic mass is 9.95. The molecular weight excluding hydrogens is 462 g/mol. The summed E-state index contributed by atoms with van der Waals surface area (Å²) in [6.45, 7) is 7.85. The summed E-state index contributed by atoms with van der Waals surface area (Å²) in [5, 5.41) is 12.9. The third kappa shape index (κ3) is 4.43. The summed E-state index contributed by atoms with van der Waals surface area (Å²) in [5.41, 5.74) is 6.80. The van der Waals surface area contributed by atoms with E-state index in [0.717, 1.165) is 52.2 Å². The maximum absolute atomic E-state index is 12.4. The van der Waals surface area contributed by atoms with Crippen molar-refractivity contribution in [1.82, 2.24) is 25.1 Å². The number of nitrogens with zero attached hydrogens (tertiary/aromatic N) is 4. The molecule has 1 amide bonds. The molecule has 5 heterocycles. The van der Waals surface area contributed by atoms with Crippen molar-refractivity contribution in [2.75, 3.05) is 23.3 Å². The third-order valence-corrected chi connectivity index (χ3v) is 7.01. The van der Waals surface area contributed by atoms with Crippen LogP contribution in [0.3, 0.4) is 0 Å². The lowest BCUT2D eigenvalue weighted by Crippen LogP contribution is -2.29. The monoisotopic (exact) mass is 493 g/mol. The van der Waals surface area contributed by atoms with E-state index in [-0.39, 0.29) is 5.91 Å². The molecule has 8 nitrogen and oxygen atoms in total. The molecule has 0 unspecified atom stereocenters. The fourth-order valence-electron chi connectivity index (χ4n) is 4.92. The number of fused-ring (bicyclic) bond motifs is 2. The number of anilines is 2. The molecule has 1 aliphatic heterocycles. The normalized spacial score (nSPS) is 14.4. The summed E-state index contributed by atoms with van der Waals surface area (Å²) in [5.74, 6) is -0.0604. The first kappa shape index (κ1) is 23.2. The Kier molecular flexibility index (Phi) is 5.67. The molecule has 5 aromatic rings. The van der Waals surface area contributed by atoms with Crippen LogP contribution in [-0.2, 0) is 4.79 Å². The minimum absolute atomic E-state index is 0.0604. The summed E-state index contributed by atoms with van der Waals surface area (Å²) in [6.07, 6.45) is 8.99. The van der Waals surface area contributed by atoms with Crippen LogP contribution in [0.1, 0.15) is 40.0 Å². The molecule has 0 aliphatic carbocycles. The van der Waals surface area contributed by atoms with Gasteiger partial charge in [-0.25, -0.2) is 0 Å². The molecule has 1 aliphatic rings. The molecule has 3 N–H and O–H groups in total. The number of nitrogens with one attached hydrogen (secondary N) is 3. The maximum Gasteiger partial charge on any atom is 0.229 e. The number of H-pyrrole nitrogens is 2. The second-order valence-electron chi connectivity index (χ2n) is 10.8. The van der Waals surface area contributed by atoms with E-state index in [0.29, 0.717) is 5.69 Å². The molecule has 0 radical (unpaired) electrons. The molecule has 6 rings (SSSR count). The van der Waals surface area contributed by atoms with Gasteiger partial charge in [0.2, 0.25) is 5.91 Å². The van der Waals surface area contributed by atoms with Crippen molar-refractivity contribution in [2.24, 2.45) is 5.41 Å². The lowest BCUT2D eigenvalue weighted by Gasteiger charge is -2.29. The van der Waals surface area contributed by atoms with Gasteiger partial charge in [0.05, 0.1) is 35.0 Å². The molecule has 8 heteroatoms. The van der Waals surface area contributed by atoms with Crippen LogP contribution in [0.2, 0.25) is 0 Å². The highest BCUT2D eigenvalue weighted by Gasteiger charge is 2.22. The third-order valence-electron chi connectivity index (χ3n) is 7.01. The van der Waals surface area contributed by atoms with Gasteiger partial charge in [0.25, 0.3) is 0 Å². The summed E-state index contributed by atoms with van der Waals surface area (Å²) >= 11 is 0. The molecule has 1 saturated heterocycles. The van der Waals surface area contributed by atoms with Crippen molar-refractivity contribution in [3.05, 3.63) is 55.0 Å². The number of amides is 1. The van der Waals surface area contributed by atoms with Gasteiger partial charge in [0.1, 0.15) is 5.69 Å². The zero-order valence-electron chi connectivity index (χ0n) is 21.4. The van der Waals surface area contributed by atoms with Crippen molar-refractivity contribution in [2.45, 2.75) is 40.0 Å². The molecule has 0 spiro atoms. The Bertz CT molecular complexity index is 1600. The van der Waals surface area contributed by atoms with Gasteiger partial charge in [-0.15, -0.1) is 0 Å². The molecule has 4 aromatic heterocycles. The molecule has 188 valence electrons. The van der Waals surface area contributed by atoms with Crippen molar-refractivity contribution in [3.8, 4) is 22.6 Å². The van der Waals surface area contributed by atoms with Crippen LogP contribution >= 0.6 is 0 Å². The number of aromatic amines is 2. The number of hydrogen-bond acceptors (Lipinski definition) is 5. The number of carbonyl (C=O) groups is 1. The molecule has 0 bridgehead atoms. The van der Waals surface area contributed by atoms with Crippen LogP contribution in [-0.4, -0.2) is 44.1 Å². The van der Waals surface area contributed by atoms with E-state index in [2.05, 4.69) is 59.6 Å². The van der Waals surface area contributed by atoms with Crippen LogP contribution in [0.15, 0.2) is 55.0 Å². The number of rotatable bonds is 4. The molecule has 1 fully saturated rings. The first-order chi connectivity index (χ1) is 17.9. The highest BCUT2D eigenvalue weighted by Crippen LogP contribution is 2.35. The Morgan fingerprint density at radius 3 is 2.62 bits per heavy atom.